The van der Waals surface area contributed by atoms with Gasteiger partial charge in [-0.1, -0.05) is 24.3 Å². The molecule has 0 unspecified atom stereocenters. The highest BCUT2D eigenvalue weighted by molar-refractivity contribution is 5.33. The SMILES string of the molecule is CCNCc1ccc(-n2ccnn2)cc1. The van der Waals surface area contributed by atoms with Crippen molar-refractivity contribution in [2.75, 3.05) is 6.54 Å². The van der Waals surface area contributed by atoms with Crippen LogP contribution < -0.4 is 5.32 Å². The lowest BCUT2D eigenvalue weighted by atomic mass is 10.2. The minimum absolute atomic E-state index is 0.911. The predicted octanol–water partition coefficient (Wildman–Crippen LogP) is 1.38. The van der Waals surface area contributed by atoms with Crippen LogP contribution in [0.3, 0.4) is 0 Å². The Morgan fingerprint density at radius 3 is 2.67 bits per heavy atom. The molecule has 0 bridgehead atoms. The van der Waals surface area contributed by atoms with Gasteiger partial charge in [-0.25, -0.2) is 4.68 Å². The highest BCUT2D eigenvalue weighted by Crippen LogP contribution is 2.07. The molecule has 78 valence electrons. The largest absolute Gasteiger partial charge is 0.313 e. The van der Waals surface area contributed by atoms with Crippen LogP contribution in [0.5, 0.6) is 0 Å². The lowest BCUT2D eigenvalue weighted by molar-refractivity contribution is 0.726. The van der Waals surface area contributed by atoms with Crippen molar-refractivity contribution < 1.29 is 0 Å². The van der Waals surface area contributed by atoms with Crippen molar-refractivity contribution in [1.82, 2.24) is 20.3 Å². The van der Waals surface area contributed by atoms with Gasteiger partial charge in [0.05, 0.1) is 18.1 Å². The van der Waals surface area contributed by atoms with Crippen molar-refractivity contribution in [2.45, 2.75) is 13.5 Å². The van der Waals surface area contributed by atoms with E-state index in [1.165, 1.54) is 5.56 Å². The lowest BCUT2D eigenvalue weighted by Gasteiger charge is -2.03. The summed E-state index contributed by atoms with van der Waals surface area (Å²) < 4.78 is 1.75. The fourth-order valence-electron chi connectivity index (χ4n) is 1.38. The molecule has 2 aromatic rings. The summed E-state index contributed by atoms with van der Waals surface area (Å²) >= 11 is 0. The molecule has 1 aromatic carbocycles. The fraction of sp³-hybridized carbons (Fsp3) is 0.273. The maximum absolute atomic E-state index is 3.93. The molecule has 0 radical (unpaired) electrons. The smallest absolute Gasteiger partial charge is 0.0697 e. The molecule has 1 N–H and O–H groups in total. The Bertz CT molecular complexity index is 391. The summed E-state index contributed by atoms with van der Waals surface area (Å²) in [5, 5.41) is 11.0. The third kappa shape index (κ3) is 2.41. The van der Waals surface area contributed by atoms with Crippen LogP contribution in [0, 0.1) is 0 Å². The van der Waals surface area contributed by atoms with Crippen LogP contribution in [0.4, 0.5) is 0 Å². The minimum Gasteiger partial charge on any atom is -0.313 e. The molecule has 0 saturated heterocycles. The fourth-order valence-corrected chi connectivity index (χ4v) is 1.38. The van der Waals surface area contributed by atoms with E-state index in [2.05, 4.69) is 34.7 Å². The molecule has 0 atom stereocenters. The van der Waals surface area contributed by atoms with Crippen molar-refractivity contribution in [3.8, 4) is 5.69 Å². The average molecular weight is 202 g/mol. The van der Waals surface area contributed by atoms with E-state index >= 15 is 0 Å². The van der Waals surface area contributed by atoms with E-state index in [0.29, 0.717) is 0 Å². The van der Waals surface area contributed by atoms with Crippen LogP contribution in [0.1, 0.15) is 12.5 Å². The van der Waals surface area contributed by atoms with Gasteiger partial charge in [-0.15, -0.1) is 5.10 Å². The second-order valence-electron chi connectivity index (χ2n) is 3.29. The van der Waals surface area contributed by atoms with Gasteiger partial charge >= 0.3 is 0 Å². The third-order valence-electron chi connectivity index (χ3n) is 2.20. The lowest BCUT2D eigenvalue weighted by Crippen LogP contribution is -2.11. The summed E-state index contributed by atoms with van der Waals surface area (Å²) in [7, 11) is 0. The van der Waals surface area contributed by atoms with Gasteiger partial charge in [-0.3, -0.25) is 0 Å². The first-order valence-corrected chi connectivity index (χ1v) is 5.06. The first-order chi connectivity index (χ1) is 7.40. The molecule has 4 nitrogen and oxygen atoms in total. The van der Waals surface area contributed by atoms with Crippen LogP contribution in [0.2, 0.25) is 0 Å². The zero-order valence-corrected chi connectivity index (χ0v) is 8.72. The molecule has 0 aliphatic carbocycles. The van der Waals surface area contributed by atoms with Gasteiger partial charge in [0, 0.05) is 6.54 Å². The van der Waals surface area contributed by atoms with E-state index in [4.69, 9.17) is 0 Å². The van der Waals surface area contributed by atoms with E-state index in [1.807, 2.05) is 18.3 Å². The highest BCUT2D eigenvalue weighted by Gasteiger charge is 1.96. The van der Waals surface area contributed by atoms with Crippen molar-refractivity contribution in [1.29, 1.82) is 0 Å². The maximum atomic E-state index is 3.93. The predicted molar refractivity (Wildman–Crippen MR) is 58.7 cm³/mol. The number of hydrogen-bond donors (Lipinski definition) is 1. The summed E-state index contributed by atoms with van der Waals surface area (Å²) in [6.45, 7) is 4.00. The zero-order chi connectivity index (χ0) is 10.5. The molecule has 0 fully saturated rings. The monoisotopic (exact) mass is 202 g/mol. The number of hydrogen-bond acceptors (Lipinski definition) is 3. The zero-order valence-electron chi connectivity index (χ0n) is 8.72. The Labute approximate surface area is 88.9 Å². The third-order valence-corrected chi connectivity index (χ3v) is 2.20. The summed E-state index contributed by atoms with van der Waals surface area (Å²) in [5.74, 6) is 0. The molecule has 15 heavy (non-hydrogen) atoms. The van der Waals surface area contributed by atoms with Crippen LogP contribution >= 0.6 is 0 Å². The van der Waals surface area contributed by atoms with Gasteiger partial charge in [0.1, 0.15) is 0 Å². The minimum atomic E-state index is 0.911. The number of rotatable bonds is 4. The van der Waals surface area contributed by atoms with E-state index in [-0.39, 0.29) is 0 Å². The molecule has 0 spiro atoms. The maximum Gasteiger partial charge on any atom is 0.0697 e. The normalized spacial score (nSPS) is 10.5. The molecule has 2 rings (SSSR count). The van der Waals surface area contributed by atoms with Gasteiger partial charge in [-0.05, 0) is 24.2 Å². The van der Waals surface area contributed by atoms with E-state index in [0.717, 1.165) is 18.8 Å². The van der Waals surface area contributed by atoms with Crippen molar-refractivity contribution in [3.05, 3.63) is 42.2 Å². The molecule has 1 heterocycles. The quantitative estimate of drug-likeness (QED) is 0.814. The van der Waals surface area contributed by atoms with Gasteiger partial charge in [-0.2, -0.15) is 0 Å². The Hall–Kier alpha value is -1.68. The van der Waals surface area contributed by atoms with Gasteiger partial charge in [0.15, 0.2) is 0 Å². The van der Waals surface area contributed by atoms with Crippen molar-refractivity contribution in [3.63, 3.8) is 0 Å². The Morgan fingerprint density at radius 2 is 2.07 bits per heavy atom. The second-order valence-corrected chi connectivity index (χ2v) is 3.29. The first-order valence-electron chi connectivity index (χ1n) is 5.06. The molecule has 0 aliphatic rings. The van der Waals surface area contributed by atoms with E-state index in [9.17, 15) is 0 Å². The molecular weight excluding hydrogens is 188 g/mol. The Kier molecular flexibility index (Phi) is 3.09. The molecular formula is C11H14N4. The number of nitrogens with one attached hydrogen (secondary N) is 1. The summed E-state index contributed by atoms with van der Waals surface area (Å²) in [4.78, 5) is 0. The Morgan fingerprint density at radius 1 is 1.27 bits per heavy atom. The highest BCUT2D eigenvalue weighted by atomic mass is 15.4. The Balaban J connectivity index is 2.11. The average Bonchev–Trinajstić information content (AvgIpc) is 2.80. The molecule has 0 aliphatic heterocycles. The summed E-state index contributed by atoms with van der Waals surface area (Å²) in [6.07, 6.45) is 3.51. The second kappa shape index (κ2) is 4.70. The molecule has 4 heteroatoms. The van der Waals surface area contributed by atoms with Crippen LogP contribution in [-0.4, -0.2) is 21.5 Å². The number of aromatic nitrogens is 3. The standard InChI is InChI=1S/C11H14N4/c1-2-12-9-10-3-5-11(6-4-10)15-8-7-13-14-15/h3-8,12H,2,9H2,1H3. The number of nitrogens with zero attached hydrogens (tertiary/aromatic N) is 3. The molecule has 0 saturated carbocycles. The van der Waals surface area contributed by atoms with Gasteiger partial charge in [0.25, 0.3) is 0 Å². The van der Waals surface area contributed by atoms with E-state index in [1.54, 1.807) is 10.9 Å². The van der Waals surface area contributed by atoms with Crippen LogP contribution in [-0.2, 0) is 6.54 Å². The topological polar surface area (TPSA) is 42.7 Å². The van der Waals surface area contributed by atoms with Crippen molar-refractivity contribution >= 4 is 0 Å². The van der Waals surface area contributed by atoms with Gasteiger partial charge in [0.2, 0.25) is 0 Å². The molecule has 0 amide bonds. The summed E-state index contributed by atoms with van der Waals surface area (Å²) in [5.41, 5.74) is 2.31. The summed E-state index contributed by atoms with van der Waals surface area (Å²) in [6, 6.07) is 8.28. The van der Waals surface area contributed by atoms with Gasteiger partial charge < -0.3 is 5.32 Å². The van der Waals surface area contributed by atoms with Crippen LogP contribution in [0.25, 0.3) is 5.69 Å². The van der Waals surface area contributed by atoms with Crippen LogP contribution in [0.15, 0.2) is 36.7 Å². The first kappa shape index (κ1) is 9.86. The van der Waals surface area contributed by atoms with E-state index < -0.39 is 0 Å². The van der Waals surface area contributed by atoms with Crippen molar-refractivity contribution in [2.24, 2.45) is 0 Å². The molecule has 1 aromatic heterocycles. The number of benzene rings is 1.